The molecule has 1 saturated carbocycles. The highest BCUT2D eigenvalue weighted by atomic mass is 19.1. The lowest BCUT2D eigenvalue weighted by Crippen LogP contribution is -2.29. The number of hydrogen-bond donors (Lipinski definition) is 1. The average molecular weight is 496 g/mol. The zero-order valence-corrected chi connectivity index (χ0v) is 21.2. The highest BCUT2D eigenvalue weighted by Crippen LogP contribution is 2.40. The van der Waals surface area contributed by atoms with E-state index in [0.29, 0.717) is 29.5 Å². The van der Waals surface area contributed by atoms with Crippen LogP contribution in [0.4, 0.5) is 10.2 Å². The Labute approximate surface area is 211 Å². The molecule has 0 radical (unpaired) electrons. The van der Waals surface area contributed by atoms with Crippen LogP contribution in [0.2, 0.25) is 0 Å². The van der Waals surface area contributed by atoms with Crippen LogP contribution in [0, 0.1) is 18.7 Å². The Balaban J connectivity index is 1.52. The summed E-state index contributed by atoms with van der Waals surface area (Å²) in [6, 6.07) is 8.03. The van der Waals surface area contributed by atoms with E-state index in [2.05, 4.69) is 10.3 Å². The van der Waals surface area contributed by atoms with Crippen molar-refractivity contribution in [2.24, 2.45) is 5.92 Å². The smallest absolute Gasteiger partial charge is 0.307 e. The van der Waals surface area contributed by atoms with Gasteiger partial charge in [-0.15, -0.1) is 0 Å². The molecule has 7 nitrogen and oxygen atoms in total. The van der Waals surface area contributed by atoms with Crippen molar-refractivity contribution >= 4 is 28.7 Å². The number of carbonyl (C=O) groups excluding carboxylic acids is 2. The molecule has 2 heterocycles. The van der Waals surface area contributed by atoms with Gasteiger partial charge in [-0.2, -0.15) is 0 Å². The second-order valence-electron chi connectivity index (χ2n) is 9.47. The van der Waals surface area contributed by atoms with Gasteiger partial charge in [-0.1, -0.05) is 19.3 Å². The molecule has 0 bridgehead atoms. The van der Waals surface area contributed by atoms with Gasteiger partial charge in [0.2, 0.25) is 0 Å². The molecular weight excluding hydrogens is 461 g/mol. The third kappa shape index (κ3) is 5.86. The van der Waals surface area contributed by atoms with Gasteiger partial charge in [0, 0.05) is 30.7 Å². The normalized spacial score (nSPS) is 15.0. The number of aromatic nitrogens is 1. The molecule has 1 N–H and O–H groups in total. The van der Waals surface area contributed by atoms with E-state index in [1.54, 1.807) is 38.4 Å². The first-order valence-electron chi connectivity index (χ1n) is 12.7. The summed E-state index contributed by atoms with van der Waals surface area (Å²) in [4.78, 5) is 30.4. The quantitative estimate of drug-likeness (QED) is 0.365. The Hall–Kier alpha value is -3.42. The number of nitrogens with one attached hydrogen (secondary N) is 1. The lowest BCUT2D eigenvalue weighted by Gasteiger charge is -2.30. The molecule has 1 unspecified atom stereocenters. The van der Waals surface area contributed by atoms with Crippen molar-refractivity contribution in [3.05, 3.63) is 59.2 Å². The molecule has 0 spiro atoms. The lowest BCUT2D eigenvalue weighted by atomic mass is 9.82. The van der Waals surface area contributed by atoms with E-state index in [4.69, 9.17) is 9.15 Å². The fraction of sp³-hybridized carbons (Fsp3) is 0.464. The van der Waals surface area contributed by atoms with Crippen LogP contribution >= 0.6 is 0 Å². The van der Waals surface area contributed by atoms with Crippen molar-refractivity contribution in [3.8, 4) is 0 Å². The largest absolute Gasteiger partial charge is 0.466 e. The lowest BCUT2D eigenvalue weighted by molar-refractivity contribution is -0.143. The molecule has 0 saturated heterocycles. The molecule has 1 aliphatic rings. The predicted molar refractivity (Wildman–Crippen MR) is 136 cm³/mol. The number of fused-ring (bicyclic) bond motifs is 1. The molecule has 1 aliphatic carbocycles. The van der Waals surface area contributed by atoms with Gasteiger partial charge in [-0.25, -0.2) is 9.37 Å². The second-order valence-corrected chi connectivity index (χ2v) is 9.47. The molecule has 192 valence electrons. The number of anilines is 1. The van der Waals surface area contributed by atoms with Crippen LogP contribution in [0.25, 0.3) is 11.0 Å². The minimum Gasteiger partial charge on any atom is -0.466 e. The molecule has 4 rings (SSSR count). The molecule has 1 fully saturated rings. The summed E-state index contributed by atoms with van der Waals surface area (Å²) in [6.07, 6.45) is 7.39. The van der Waals surface area contributed by atoms with Crippen LogP contribution in [0.15, 0.2) is 40.9 Å². The van der Waals surface area contributed by atoms with E-state index in [1.807, 2.05) is 6.92 Å². The summed E-state index contributed by atoms with van der Waals surface area (Å²) in [5, 5.41) is 4.33. The Morgan fingerprint density at radius 3 is 2.69 bits per heavy atom. The van der Waals surface area contributed by atoms with Gasteiger partial charge in [0.05, 0.1) is 24.6 Å². The first-order chi connectivity index (χ1) is 17.4. The maximum Gasteiger partial charge on any atom is 0.307 e. The number of ether oxygens (including phenoxy) is 1. The summed E-state index contributed by atoms with van der Waals surface area (Å²) in [7, 11) is 1.65. The Bertz CT molecular complexity index is 1200. The van der Waals surface area contributed by atoms with Crippen LogP contribution in [0.1, 0.15) is 73.2 Å². The van der Waals surface area contributed by atoms with Crippen LogP contribution < -0.4 is 5.32 Å². The van der Waals surface area contributed by atoms with Crippen molar-refractivity contribution in [1.82, 2.24) is 9.88 Å². The van der Waals surface area contributed by atoms with E-state index in [9.17, 15) is 14.0 Å². The number of furan rings is 1. The summed E-state index contributed by atoms with van der Waals surface area (Å²) in [5.41, 5.74) is 2.05. The number of halogens is 1. The van der Waals surface area contributed by atoms with Crippen molar-refractivity contribution < 1.29 is 23.1 Å². The van der Waals surface area contributed by atoms with Crippen molar-refractivity contribution in [2.45, 2.75) is 58.4 Å². The maximum absolute atomic E-state index is 13.9. The van der Waals surface area contributed by atoms with Gasteiger partial charge in [0.15, 0.2) is 0 Å². The number of esters is 1. The number of nitrogens with zero attached hydrogens (tertiary/aromatic N) is 2. The van der Waals surface area contributed by atoms with Gasteiger partial charge < -0.3 is 19.4 Å². The van der Waals surface area contributed by atoms with E-state index < -0.39 is 0 Å². The Morgan fingerprint density at radius 1 is 1.22 bits per heavy atom. The van der Waals surface area contributed by atoms with Gasteiger partial charge >= 0.3 is 5.97 Å². The Kier molecular flexibility index (Phi) is 8.23. The molecule has 1 aromatic carbocycles. The summed E-state index contributed by atoms with van der Waals surface area (Å²) in [5.74, 6) is 0.990. The minimum absolute atomic E-state index is 0.109. The van der Waals surface area contributed by atoms with Crippen LogP contribution in [-0.4, -0.2) is 42.0 Å². The first-order valence-corrected chi connectivity index (χ1v) is 12.7. The number of carbonyl (C=O) groups is 2. The SMILES string of the molecule is CCOC(=O)CCN(C)C(=O)c1ccc(NC(c2oc3ccc(F)cc3c2C)C2CCCCC2)nc1. The predicted octanol–water partition coefficient (Wildman–Crippen LogP) is 6.03. The maximum atomic E-state index is 13.9. The molecule has 36 heavy (non-hydrogen) atoms. The third-order valence-electron chi connectivity index (χ3n) is 6.96. The molecule has 0 aliphatic heterocycles. The first kappa shape index (κ1) is 25.7. The minimum atomic E-state index is -0.327. The summed E-state index contributed by atoms with van der Waals surface area (Å²) < 4.78 is 25.1. The third-order valence-corrected chi connectivity index (χ3v) is 6.96. The molecule has 3 aromatic rings. The highest BCUT2D eigenvalue weighted by molar-refractivity contribution is 5.94. The van der Waals surface area contributed by atoms with Crippen LogP contribution in [-0.2, 0) is 9.53 Å². The molecule has 1 amide bonds. The monoisotopic (exact) mass is 495 g/mol. The van der Waals surface area contributed by atoms with E-state index in [1.165, 1.54) is 23.5 Å². The van der Waals surface area contributed by atoms with Gasteiger partial charge in [0.25, 0.3) is 5.91 Å². The molecule has 8 heteroatoms. The highest BCUT2D eigenvalue weighted by Gasteiger charge is 2.30. The zero-order valence-electron chi connectivity index (χ0n) is 21.2. The van der Waals surface area contributed by atoms with Crippen LogP contribution in [0.5, 0.6) is 0 Å². The molecule has 1 atom stereocenters. The van der Waals surface area contributed by atoms with Gasteiger partial charge in [-0.05, 0) is 62.9 Å². The van der Waals surface area contributed by atoms with Crippen molar-refractivity contribution in [2.75, 3.05) is 25.5 Å². The fourth-order valence-electron chi connectivity index (χ4n) is 4.95. The van der Waals surface area contributed by atoms with E-state index in [0.717, 1.165) is 42.4 Å². The van der Waals surface area contributed by atoms with Crippen molar-refractivity contribution in [1.29, 1.82) is 0 Å². The second kappa shape index (κ2) is 11.5. The van der Waals surface area contributed by atoms with E-state index >= 15 is 0 Å². The number of pyridine rings is 1. The standard InChI is InChI=1S/C28H34FN3O4/c1-4-35-25(33)14-15-32(3)28(34)20-10-13-24(30-17-20)31-26(19-8-6-5-7-9-19)27-18(2)22-16-21(29)11-12-23(22)36-27/h10-13,16-17,19,26H,4-9,14-15H2,1-3H3,(H,30,31). The summed E-state index contributed by atoms with van der Waals surface area (Å²) in [6.45, 7) is 4.32. The van der Waals surface area contributed by atoms with Crippen molar-refractivity contribution in [3.63, 3.8) is 0 Å². The zero-order chi connectivity index (χ0) is 25.7. The topological polar surface area (TPSA) is 84.7 Å². The van der Waals surface area contributed by atoms with Gasteiger partial charge in [-0.3, -0.25) is 9.59 Å². The summed E-state index contributed by atoms with van der Waals surface area (Å²) >= 11 is 0. The Morgan fingerprint density at radius 2 is 2.00 bits per heavy atom. The number of rotatable bonds is 9. The van der Waals surface area contributed by atoms with Crippen LogP contribution in [0.3, 0.4) is 0 Å². The number of hydrogen-bond acceptors (Lipinski definition) is 6. The number of amides is 1. The number of aryl methyl sites for hydroxylation is 1. The van der Waals surface area contributed by atoms with E-state index in [-0.39, 0.29) is 36.7 Å². The molecule has 2 aromatic heterocycles. The number of benzene rings is 1. The fourth-order valence-corrected chi connectivity index (χ4v) is 4.95. The van der Waals surface area contributed by atoms with Gasteiger partial charge in [0.1, 0.15) is 23.0 Å². The average Bonchev–Trinajstić information content (AvgIpc) is 3.21. The molecular formula is C28H34FN3O4.